The maximum absolute atomic E-state index is 12.1. The van der Waals surface area contributed by atoms with Gasteiger partial charge in [-0.05, 0) is 18.2 Å². The van der Waals surface area contributed by atoms with Gasteiger partial charge < -0.3 is 11.5 Å². The van der Waals surface area contributed by atoms with Crippen molar-refractivity contribution in [2.75, 3.05) is 11.5 Å². The summed E-state index contributed by atoms with van der Waals surface area (Å²) in [7, 11) is 0. The maximum Gasteiger partial charge on any atom is 0.269 e. The summed E-state index contributed by atoms with van der Waals surface area (Å²) in [4.78, 5) is 12.1. The zero-order chi connectivity index (χ0) is 13.4. The van der Waals surface area contributed by atoms with E-state index in [1.54, 1.807) is 24.4 Å². The molecule has 96 valence electrons. The van der Waals surface area contributed by atoms with Crippen molar-refractivity contribution >= 4 is 28.3 Å². The first kappa shape index (κ1) is 11.2. The predicted octanol–water partition coefficient (Wildman–Crippen LogP) is 0.133. The van der Waals surface area contributed by atoms with Gasteiger partial charge in [0.15, 0.2) is 5.82 Å². The number of anilines is 2. The fourth-order valence-electron chi connectivity index (χ4n) is 1.85. The van der Waals surface area contributed by atoms with E-state index in [0.29, 0.717) is 11.2 Å². The van der Waals surface area contributed by atoms with Crippen molar-refractivity contribution in [2.45, 2.75) is 6.54 Å². The Morgan fingerprint density at radius 1 is 1.32 bits per heavy atom. The molecule has 2 aromatic heterocycles. The van der Waals surface area contributed by atoms with E-state index in [1.165, 1.54) is 15.6 Å². The summed E-state index contributed by atoms with van der Waals surface area (Å²) in [6.07, 6.45) is 3.08. The molecule has 0 radical (unpaired) electrons. The minimum Gasteiger partial charge on any atom is -0.399 e. The lowest BCUT2D eigenvalue weighted by Crippen LogP contribution is -2.19. The second kappa shape index (κ2) is 4.09. The van der Waals surface area contributed by atoms with Crippen LogP contribution in [0.1, 0.15) is 4.79 Å². The minimum absolute atomic E-state index is 0.0192. The van der Waals surface area contributed by atoms with Crippen molar-refractivity contribution in [2.24, 2.45) is 0 Å². The van der Waals surface area contributed by atoms with Gasteiger partial charge in [-0.1, -0.05) is 5.21 Å². The largest absolute Gasteiger partial charge is 0.399 e. The summed E-state index contributed by atoms with van der Waals surface area (Å²) in [6.45, 7) is 0.0192. The van der Waals surface area contributed by atoms with E-state index < -0.39 is 0 Å². The summed E-state index contributed by atoms with van der Waals surface area (Å²) >= 11 is 0. The maximum atomic E-state index is 12.1. The lowest BCUT2D eigenvalue weighted by molar-refractivity contribution is 0.0875. The van der Waals surface area contributed by atoms with Crippen LogP contribution in [0.2, 0.25) is 0 Å². The Bertz CT molecular complexity index is 757. The zero-order valence-corrected chi connectivity index (χ0v) is 9.89. The van der Waals surface area contributed by atoms with Gasteiger partial charge in [-0.25, -0.2) is 4.68 Å². The Balaban J connectivity index is 1.93. The number of fused-ring (bicyclic) bond motifs is 1. The standard InChI is InChI=1S/C11H11N7O/c12-8-1-2-9-7(3-8)4-14-18(9)11(19)6-17-5-10(13)15-16-17/h1-5H,6,12-13H2. The SMILES string of the molecule is Nc1ccc2c(cnn2C(=O)Cn2cc(N)nn2)c1. The number of nitrogen functional groups attached to an aromatic ring is 2. The van der Waals surface area contributed by atoms with Crippen LogP contribution in [-0.2, 0) is 6.54 Å². The molecule has 0 unspecified atom stereocenters. The van der Waals surface area contributed by atoms with Crippen LogP contribution in [0.15, 0.2) is 30.6 Å². The van der Waals surface area contributed by atoms with Crippen molar-refractivity contribution < 1.29 is 4.79 Å². The third-order valence-electron chi connectivity index (χ3n) is 2.68. The number of hydrogen-bond acceptors (Lipinski definition) is 6. The lowest BCUT2D eigenvalue weighted by Gasteiger charge is -2.02. The van der Waals surface area contributed by atoms with Gasteiger partial charge in [-0.2, -0.15) is 9.78 Å². The van der Waals surface area contributed by atoms with Crippen LogP contribution < -0.4 is 11.5 Å². The molecule has 1 aromatic carbocycles. The fourth-order valence-corrected chi connectivity index (χ4v) is 1.85. The Hall–Kier alpha value is -2.90. The Morgan fingerprint density at radius 3 is 2.89 bits per heavy atom. The third-order valence-corrected chi connectivity index (χ3v) is 2.68. The molecule has 0 bridgehead atoms. The van der Waals surface area contributed by atoms with E-state index in [2.05, 4.69) is 15.4 Å². The average Bonchev–Trinajstić information content (AvgIpc) is 2.95. The number of nitrogens with two attached hydrogens (primary N) is 2. The number of nitrogens with zero attached hydrogens (tertiary/aromatic N) is 5. The normalized spacial score (nSPS) is 10.9. The highest BCUT2D eigenvalue weighted by atomic mass is 16.2. The van der Waals surface area contributed by atoms with Crippen LogP contribution in [0.4, 0.5) is 11.5 Å². The van der Waals surface area contributed by atoms with Gasteiger partial charge in [0.2, 0.25) is 0 Å². The molecule has 0 aliphatic carbocycles. The molecule has 8 heteroatoms. The van der Waals surface area contributed by atoms with Crippen LogP contribution in [0.5, 0.6) is 0 Å². The molecule has 4 N–H and O–H groups in total. The molecule has 0 fully saturated rings. The average molecular weight is 257 g/mol. The highest BCUT2D eigenvalue weighted by Gasteiger charge is 2.12. The van der Waals surface area contributed by atoms with Gasteiger partial charge in [0, 0.05) is 11.1 Å². The minimum atomic E-state index is -0.232. The molecule has 2 heterocycles. The smallest absolute Gasteiger partial charge is 0.269 e. The first-order valence-electron chi connectivity index (χ1n) is 5.55. The van der Waals surface area contributed by atoms with E-state index in [9.17, 15) is 4.79 Å². The van der Waals surface area contributed by atoms with E-state index >= 15 is 0 Å². The van der Waals surface area contributed by atoms with Gasteiger partial charge in [0.25, 0.3) is 5.91 Å². The number of carbonyl (C=O) groups excluding carboxylic acids is 1. The monoisotopic (exact) mass is 257 g/mol. The van der Waals surface area contributed by atoms with Crippen LogP contribution in [0, 0.1) is 0 Å². The molecular weight excluding hydrogens is 246 g/mol. The first-order chi connectivity index (χ1) is 9.13. The predicted molar refractivity (Wildman–Crippen MR) is 69.2 cm³/mol. The second-order valence-electron chi connectivity index (χ2n) is 4.11. The topological polar surface area (TPSA) is 118 Å². The Kier molecular flexibility index (Phi) is 2.41. The summed E-state index contributed by atoms with van der Waals surface area (Å²) in [5.41, 5.74) is 12.4. The number of aromatic nitrogens is 5. The molecule has 0 aliphatic heterocycles. The molecule has 0 aliphatic rings. The molecule has 3 aromatic rings. The summed E-state index contributed by atoms with van der Waals surface area (Å²) in [6, 6.07) is 5.24. The highest BCUT2D eigenvalue weighted by Crippen LogP contribution is 2.16. The molecule has 3 rings (SSSR count). The van der Waals surface area contributed by atoms with Crippen molar-refractivity contribution in [1.82, 2.24) is 24.8 Å². The molecule has 0 saturated heterocycles. The van der Waals surface area contributed by atoms with Crippen molar-refractivity contribution in [3.05, 3.63) is 30.6 Å². The quantitative estimate of drug-likeness (QED) is 0.630. The van der Waals surface area contributed by atoms with Crippen LogP contribution >= 0.6 is 0 Å². The van der Waals surface area contributed by atoms with Crippen LogP contribution in [0.3, 0.4) is 0 Å². The molecule has 19 heavy (non-hydrogen) atoms. The van der Waals surface area contributed by atoms with E-state index in [0.717, 1.165) is 5.39 Å². The van der Waals surface area contributed by atoms with Gasteiger partial charge in [0.05, 0.1) is 17.9 Å². The molecule has 0 atom stereocenters. The zero-order valence-electron chi connectivity index (χ0n) is 9.89. The lowest BCUT2D eigenvalue weighted by atomic mass is 10.2. The first-order valence-corrected chi connectivity index (χ1v) is 5.55. The molecule has 0 amide bonds. The van der Waals surface area contributed by atoms with Crippen molar-refractivity contribution in [1.29, 1.82) is 0 Å². The van der Waals surface area contributed by atoms with E-state index in [4.69, 9.17) is 11.5 Å². The number of rotatable bonds is 2. The van der Waals surface area contributed by atoms with Gasteiger partial charge >= 0.3 is 0 Å². The third kappa shape index (κ3) is 1.99. The van der Waals surface area contributed by atoms with Crippen molar-refractivity contribution in [3.63, 3.8) is 0 Å². The molecular formula is C11H11N7O. The number of carbonyl (C=O) groups is 1. The number of benzene rings is 1. The van der Waals surface area contributed by atoms with Gasteiger partial charge in [-0.15, -0.1) is 5.10 Å². The van der Waals surface area contributed by atoms with Crippen molar-refractivity contribution in [3.8, 4) is 0 Å². The molecule has 0 spiro atoms. The van der Waals surface area contributed by atoms with E-state index in [-0.39, 0.29) is 18.3 Å². The summed E-state index contributed by atoms with van der Waals surface area (Å²) in [5.74, 6) is 0.0376. The summed E-state index contributed by atoms with van der Waals surface area (Å²) < 4.78 is 2.68. The Morgan fingerprint density at radius 2 is 2.16 bits per heavy atom. The highest BCUT2D eigenvalue weighted by molar-refractivity contribution is 5.91. The van der Waals surface area contributed by atoms with Gasteiger partial charge in [-0.3, -0.25) is 4.79 Å². The van der Waals surface area contributed by atoms with Crippen LogP contribution in [-0.4, -0.2) is 30.7 Å². The molecule has 0 saturated carbocycles. The summed E-state index contributed by atoms with van der Waals surface area (Å²) in [5, 5.41) is 12.2. The van der Waals surface area contributed by atoms with Crippen LogP contribution in [0.25, 0.3) is 10.9 Å². The Labute approximate surface area is 107 Å². The van der Waals surface area contributed by atoms with Gasteiger partial charge in [0.1, 0.15) is 6.54 Å². The second-order valence-corrected chi connectivity index (χ2v) is 4.11. The fraction of sp³-hybridized carbons (Fsp3) is 0.0909. The van der Waals surface area contributed by atoms with E-state index in [1.807, 2.05) is 0 Å². The number of hydrogen-bond donors (Lipinski definition) is 2. The molecule has 8 nitrogen and oxygen atoms in total.